The van der Waals surface area contributed by atoms with E-state index in [9.17, 15) is 18.0 Å². The molecule has 1 aliphatic rings. The predicted molar refractivity (Wildman–Crippen MR) is 130 cm³/mol. The summed E-state index contributed by atoms with van der Waals surface area (Å²) in [5.74, 6) is -0.860. The number of pyridine rings is 1. The molecule has 3 heterocycles. The molecule has 0 aromatic carbocycles. The van der Waals surface area contributed by atoms with Gasteiger partial charge in [0.15, 0.2) is 0 Å². The Bertz CT molecular complexity index is 1040. The second-order valence-electron chi connectivity index (χ2n) is 9.00. The lowest BCUT2D eigenvalue weighted by Gasteiger charge is -2.19. The van der Waals surface area contributed by atoms with E-state index in [0.29, 0.717) is 17.3 Å². The van der Waals surface area contributed by atoms with Crippen molar-refractivity contribution >= 4 is 23.6 Å². The van der Waals surface area contributed by atoms with Gasteiger partial charge in [0.25, 0.3) is 5.91 Å². The molecule has 0 radical (unpaired) electrons. The molecule has 3 rings (SSSR count). The molecule has 2 aromatic rings. The number of halogens is 3. The molecule has 0 unspecified atom stereocenters. The maximum atomic E-state index is 12.7. The summed E-state index contributed by atoms with van der Waals surface area (Å²) in [6.07, 6.45) is 1.28. The predicted octanol–water partition coefficient (Wildman–Crippen LogP) is 3.44. The molecule has 0 saturated carbocycles. The number of amides is 1. The Morgan fingerprint density at radius 3 is 2.25 bits per heavy atom. The summed E-state index contributed by atoms with van der Waals surface area (Å²) in [6.45, 7) is 8.80. The van der Waals surface area contributed by atoms with Crippen LogP contribution < -0.4 is 10.2 Å². The normalized spacial score (nSPS) is 13.3. The molecule has 0 spiro atoms. The van der Waals surface area contributed by atoms with E-state index >= 15 is 0 Å². The number of hydrogen-bond acceptors (Lipinski definition) is 7. The van der Waals surface area contributed by atoms with Crippen molar-refractivity contribution in [2.24, 2.45) is 5.92 Å². The summed E-state index contributed by atoms with van der Waals surface area (Å²) in [5.41, 5.74) is 3.98. The van der Waals surface area contributed by atoms with Gasteiger partial charge in [-0.3, -0.25) is 4.79 Å². The Morgan fingerprint density at radius 2 is 1.75 bits per heavy atom. The molecular formula is C24H33F3N6O3. The highest BCUT2D eigenvalue weighted by molar-refractivity contribution is 5.98. The van der Waals surface area contributed by atoms with Crippen LogP contribution in [0.2, 0.25) is 0 Å². The summed E-state index contributed by atoms with van der Waals surface area (Å²) < 4.78 is 31.7. The third-order valence-electron chi connectivity index (χ3n) is 5.40. The van der Waals surface area contributed by atoms with Gasteiger partial charge in [0.2, 0.25) is 5.95 Å². The zero-order valence-corrected chi connectivity index (χ0v) is 21.2. The van der Waals surface area contributed by atoms with Gasteiger partial charge in [-0.15, -0.1) is 0 Å². The standard InChI is InChI=1S/C22H32N6O.C2HF3O2/c1-6-16-13-24-22(25-14-16)28-9-7-17-11-18(21(29)27(4)5)20(23-12-15(2)3)26-19(17)8-10-28;3-2(4,5)1(6)7/h11,13-15H,6-10,12H2,1-5H3,(H,23,26);(H,6,7). The first kappa shape index (κ1) is 28.8. The second-order valence-corrected chi connectivity index (χ2v) is 9.00. The summed E-state index contributed by atoms with van der Waals surface area (Å²) in [7, 11) is 3.55. The number of anilines is 2. The van der Waals surface area contributed by atoms with Crippen LogP contribution in [0.25, 0.3) is 0 Å². The number of nitrogens with zero attached hydrogens (tertiary/aromatic N) is 5. The zero-order chi connectivity index (χ0) is 27.0. The number of nitrogens with one attached hydrogen (secondary N) is 1. The van der Waals surface area contributed by atoms with Crippen molar-refractivity contribution in [3.8, 4) is 0 Å². The van der Waals surface area contributed by atoms with E-state index in [2.05, 4.69) is 41.0 Å². The molecule has 0 aliphatic carbocycles. The fourth-order valence-electron chi connectivity index (χ4n) is 3.37. The maximum Gasteiger partial charge on any atom is 0.490 e. The number of alkyl halides is 3. The molecule has 0 saturated heterocycles. The van der Waals surface area contributed by atoms with Crippen LogP contribution in [-0.2, 0) is 24.1 Å². The maximum absolute atomic E-state index is 12.7. The Kier molecular flexibility index (Phi) is 10.00. The summed E-state index contributed by atoms with van der Waals surface area (Å²) in [5, 5.41) is 10.5. The van der Waals surface area contributed by atoms with E-state index in [-0.39, 0.29) is 5.91 Å². The summed E-state index contributed by atoms with van der Waals surface area (Å²) >= 11 is 0. The Balaban J connectivity index is 0.000000572. The lowest BCUT2D eigenvalue weighted by Crippen LogP contribution is -2.27. The smallest absolute Gasteiger partial charge is 0.475 e. The monoisotopic (exact) mass is 510 g/mol. The molecule has 0 fully saturated rings. The Labute approximate surface area is 208 Å². The number of aromatic nitrogens is 3. The second kappa shape index (κ2) is 12.5. The van der Waals surface area contributed by atoms with Gasteiger partial charge in [-0.25, -0.2) is 19.7 Å². The highest BCUT2D eigenvalue weighted by atomic mass is 19.4. The topological polar surface area (TPSA) is 112 Å². The highest BCUT2D eigenvalue weighted by Crippen LogP contribution is 2.24. The van der Waals surface area contributed by atoms with Gasteiger partial charge in [0, 0.05) is 58.2 Å². The molecular weight excluding hydrogens is 477 g/mol. The van der Waals surface area contributed by atoms with E-state index in [1.54, 1.807) is 19.0 Å². The first-order valence-electron chi connectivity index (χ1n) is 11.7. The van der Waals surface area contributed by atoms with Crippen molar-refractivity contribution in [2.45, 2.75) is 46.2 Å². The van der Waals surface area contributed by atoms with E-state index in [0.717, 1.165) is 61.7 Å². The minimum Gasteiger partial charge on any atom is -0.475 e. The van der Waals surface area contributed by atoms with Crippen LogP contribution in [0.1, 0.15) is 48.0 Å². The number of hydrogen-bond donors (Lipinski definition) is 2. The molecule has 0 atom stereocenters. The molecule has 1 aliphatic heterocycles. The number of carboxylic acids is 1. The molecule has 2 N–H and O–H groups in total. The molecule has 0 bridgehead atoms. The Hall–Kier alpha value is -3.44. The van der Waals surface area contributed by atoms with Crippen LogP contribution in [0, 0.1) is 5.92 Å². The third-order valence-corrected chi connectivity index (χ3v) is 5.40. The minimum atomic E-state index is -5.08. The lowest BCUT2D eigenvalue weighted by atomic mass is 10.0. The quantitative estimate of drug-likeness (QED) is 0.608. The van der Waals surface area contributed by atoms with Gasteiger partial charge < -0.3 is 20.2 Å². The summed E-state index contributed by atoms with van der Waals surface area (Å²) in [4.78, 5) is 39.4. The van der Waals surface area contributed by atoms with Crippen molar-refractivity contribution in [2.75, 3.05) is 43.9 Å². The zero-order valence-electron chi connectivity index (χ0n) is 21.2. The van der Waals surface area contributed by atoms with Crippen molar-refractivity contribution in [1.82, 2.24) is 19.9 Å². The van der Waals surface area contributed by atoms with E-state index in [4.69, 9.17) is 14.9 Å². The van der Waals surface area contributed by atoms with Crippen molar-refractivity contribution in [3.05, 3.63) is 40.8 Å². The van der Waals surface area contributed by atoms with Crippen molar-refractivity contribution in [3.63, 3.8) is 0 Å². The first-order valence-corrected chi connectivity index (χ1v) is 11.7. The third kappa shape index (κ3) is 8.06. The van der Waals surface area contributed by atoms with Crippen LogP contribution in [0.5, 0.6) is 0 Å². The number of rotatable bonds is 6. The Morgan fingerprint density at radius 1 is 1.17 bits per heavy atom. The number of aryl methyl sites for hydroxylation is 1. The van der Waals surface area contributed by atoms with Gasteiger partial charge >= 0.3 is 12.1 Å². The van der Waals surface area contributed by atoms with Crippen molar-refractivity contribution < 1.29 is 27.9 Å². The minimum absolute atomic E-state index is 0.0221. The van der Waals surface area contributed by atoms with Gasteiger partial charge in [0.1, 0.15) is 5.82 Å². The number of aliphatic carboxylic acids is 1. The molecule has 2 aromatic heterocycles. The molecule has 12 heteroatoms. The van der Waals surface area contributed by atoms with E-state index in [1.165, 1.54) is 0 Å². The fourth-order valence-corrected chi connectivity index (χ4v) is 3.37. The van der Waals surface area contributed by atoms with Gasteiger partial charge in [-0.2, -0.15) is 13.2 Å². The number of carbonyl (C=O) groups is 2. The molecule has 198 valence electrons. The van der Waals surface area contributed by atoms with E-state index < -0.39 is 12.1 Å². The van der Waals surface area contributed by atoms with Gasteiger partial charge in [-0.1, -0.05) is 20.8 Å². The van der Waals surface area contributed by atoms with Crippen LogP contribution in [0.3, 0.4) is 0 Å². The summed E-state index contributed by atoms with van der Waals surface area (Å²) in [6, 6.07) is 2.03. The van der Waals surface area contributed by atoms with Gasteiger partial charge in [0.05, 0.1) is 5.56 Å². The number of carboxylic acid groups (broad SMARTS) is 1. The van der Waals surface area contributed by atoms with Crippen LogP contribution in [0.15, 0.2) is 18.5 Å². The largest absolute Gasteiger partial charge is 0.490 e. The number of fused-ring (bicyclic) bond motifs is 1. The first-order chi connectivity index (χ1) is 16.8. The average molecular weight is 511 g/mol. The van der Waals surface area contributed by atoms with Crippen LogP contribution >= 0.6 is 0 Å². The fraction of sp³-hybridized carbons (Fsp3) is 0.542. The average Bonchev–Trinajstić information content (AvgIpc) is 3.03. The van der Waals surface area contributed by atoms with Crippen molar-refractivity contribution in [1.29, 1.82) is 0 Å². The molecule has 9 nitrogen and oxygen atoms in total. The number of carbonyl (C=O) groups excluding carboxylic acids is 1. The van der Waals surface area contributed by atoms with Crippen LogP contribution in [-0.4, -0.2) is 76.7 Å². The molecule has 36 heavy (non-hydrogen) atoms. The lowest BCUT2D eigenvalue weighted by molar-refractivity contribution is -0.192. The highest BCUT2D eigenvalue weighted by Gasteiger charge is 2.38. The molecule has 1 amide bonds. The van der Waals surface area contributed by atoms with Crippen LogP contribution in [0.4, 0.5) is 24.9 Å². The van der Waals surface area contributed by atoms with E-state index in [1.807, 2.05) is 18.5 Å². The van der Waals surface area contributed by atoms with Gasteiger partial charge in [-0.05, 0) is 36.0 Å². The SMILES string of the molecule is CCc1cnc(N2CCc3cc(C(=O)N(C)C)c(NCC(C)C)nc3CC2)nc1.O=C(O)C(F)(F)F.